The summed E-state index contributed by atoms with van der Waals surface area (Å²) in [5, 5.41) is 158. The fraction of sp³-hybridized carbons (Fsp3) is 0.656. The molecule has 0 saturated carbocycles. The number of ether oxygens (including phenoxy) is 5. The van der Waals surface area contributed by atoms with Gasteiger partial charge in [-0.05, 0) is 38.7 Å². The summed E-state index contributed by atoms with van der Waals surface area (Å²) in [6.07, 6.45) is -2.85. The second-order valence-corrected chi connectivity index (χ2v) is 24.3. The lowest BCUT2D eigenvalue weighted by Crippen LogP contribution is -2.69. The molecule has 2 bridgehead atoms. The molecule has 23 atom stereocenters. The first-order valence-electron chi connectivity index (χ1n) is 30.7. The van der Waals surface area contributed by atoms with Gasteiger partial charge in [0.05, 0.1) is 98.7 Å². The van der Waals surface area contributed by atoms with Gasteiger partial charge in [0.2, 0.25) is 11.7 Å². The van der Waals surface area contributed by atoms with Crippen LogP contribution in [0.3, 0.4) is 0 Å². The van der Waals surface area contributed by atoms with E-state index in [1.807, 2.05) is 43.3 Å². The summed E-state index contributed by atoms with van der Waals surface area (Å²) < 4.78 is 29.8. The van der Waals surface area contributed by atoms with E-state index in [2.05, 4.69) is 10.2 Å². The van der Waals surface area contributed by atoms with Gasteiger partial charge in [0.1, 0.15) is 30.5 Å². The van der Waals surface area contributed by atoms with Gasteiger partial charge in [-0.2, -0.15) is 0 Å². The van der Waals surface area contributed by atoms with Crippen LogP contribution in [-0.4, -0.2) is 254 Å². The number of aliphatic hydroxyl groups excluding tert-OH is 12. The van der Waals surface area contributed by atoms with Gasteiger partial charge in [-0.3, -0.25) is 14.5 Å². The molecule has 1 aromatic carbocycles. The summed E-state index contributed by atoms with van der Waals surface area (Å²) in [7, 11) is 0. The molecule has 4 saturated heterocycles. The van der Waals surface area contributed by atoms with Crippen LogP contribution in [0.1, 0.15) is 84.6 Å². The van der Waals surface area contributed by atoms with E-state index in [1.165, 1.54) is 6.92 Å². The molecule has 5 heterocycles. The molecule has 1 aromatic rings. The number of allylic oxidation sites excluding steroid dienone is 12. The van der Waals surface area contributed by atoms with Crippen LogP contribution in [-0.2, 0) is 39.8 Å². The van der Waals surface area contributed by atoms with Crippen LogP contribution in [0.15, 0.2) is 115 Å². The van der Waals surface area contributed by atoms with Gasteiger partial charge in [-0.25, -0.2) is 0 Å². The normalized spacial score (nSPS) is 40.7. The third-order valence-electron chi connectivity index (χ3n) is 17.2. The number of amides is 1. The number of benzene rings is 1. The lowest BCUT2D eigenvalue weighted by molar-refractivity contribution is -0.323. The molecule has 15 N–H and O–H groups in total. The average molecular weight is 1240 g/mol. The molecule has 1 amide bonds. The minimum atomic E-state index is -2.47. The Morgan fingerprint density at radius 1 is 0.636 bits per heavy atom. The highest BCUT2D eigenvalue weighted by Crippen LogP contribution is 2.39. The van der Waals surface area contributed by atoms with Crippen molar-refractivity contribution in [2.75, 3.05) is 39.3 Å². The molecule has 0 spiro atoms. The third kappa shape index (κ3) is 21.6. The summed E-state index contributed by atoms with van der Waals surface area (Å²) in [6, 6.07) is 8.49. The maximum absolute atomic E-state index is 14.9. The zero-order valence-electron chi connectivity index (χ0n) is 50.7. The first-order chi connectivity index (χ1) is 41.8. The van der Waals surface area contributed by atoms with Crippen molar-refractivity contribution in [1.82, 2.24) is 15.1 Å². The quantitative estimate of drug-likeness (QED) is 0.145. The van der Waals surface area contributed by atoms with Crippen LogP contribution in [0.2, 0.25) is 0 Å². The number of hydrogen-bond acceptors (Lipinski definition) is 23. The smallest absolute Gasteiger partial charge is 0.308 e. The van der Waals surface area contributed by atoms with Crippen molar-refractivity contribution in [3.63, 3.8) is 0 Å². The van der Waals surface area contributed by atoms with Gasteiger partial charge >= 0.3 is 5.97 Å². The zero-order valence-corrected chi connectivity index (χ0v) is 50.7. The minimum absolute atomic E-state index is 0.130. The van der Waals surface area contributed by atoms with Gasteiger partial charge in [0.25, 0.3) is 0 Å². The lowest BCUT2D eigenvalue weighted by Gasteiger charge is -2.48. The first kappa shape index (κ1) is 72.6. The standard InChI is InChI=1S/C64H97N3O21/c1-39-20-16-13-11-9-7-5-6-8-10-12-14-19-23-47(87-62-59(79)55(57(77)42(4)86-62)65-38-64(83)60(80)58(78)51(74)37-84-64)33-52-54(61(81)67-28-26-66(27-29-67)36-43-21-17-15-18-22-43)50(73)35-63(82,88-52)34-46(70)31-49(72)48(71)25-24-44(68)30-45(69)32-53(75)85-41(3)40(2)56(39)76/h5-23,39-42,44-52,54-60,62,65,68-74,76-80,82-83H,24-38H2,1-4H3/t39-,40-,41-,42+,44+,45+,46-,47-,48+,49+,50-,51+,52?,54?,55-,56+,57+,58+,59-,60-,62?,63+,64+/m0/s1. The first-order valence-corrected chi connectivity index (χ1v) is 30.7. The van der Waals surface area contributed by atoms with Crippen LogP contribution < -0.4 is 5.32 Å². The highest BCUT2D eigenvalue weighted by molar-refractivity contribution is 5.80. The molecule has 494 valence electrons. The largest absolute Gasteiger partial charge is 0.462 e. The fourth-order valence-corrected chi connectivity index (χ4v) is 11.7. The highest BCUT2D eigenvalue weighted by Gasteiger charge is 2.53. The fourth-order valence-electron chi connectivity index (χ4n) is 11.7. The van der Waals surface area contributed by atoms with Crippen LogP contribution in [0.25, 0.3) is 0 Å². The summed E-state index contributed by atoms with van der Waals surface area (Å²) in [5.74, 6) is -8.20. The van der Waals surface area contributed by atoms with Crippen molar-refractivity contribution < 1.29 is 105 Å². The number of carbonyl (C=O) groups excluding carboxylic acids is 2. The SMILES string of the molecule is C[C@@H]1[C@H](O)[C@@H](C)C=CC=CC=CC=CC=CC=CC=C[C@H](OC2O[C@H](C)[C@@H](O)[C@H](NC[C@@]3(O)OC[C@@H](O)[C@@H](O)[C@@H]3O)[C@@H]2O)CC2O[C@](O)(C[C@@H](O)C[C@@H](O)[C@H](O)CC[C@@H](O)C[C@@H](O)CC(=O)O[C@H]1C)C[C@H](O)C2C(=O)N1CCN(Cc2ccccc2)CC1. The molecule has 24 nitrogen and oxygen atoms in total. The predicted octanol–water partition coefficient (Wildman–Crippen LogP) is -0.596. The van der Waals surface area contributed by atoms with Crippen molar-refractivity contribution >= 4 is 11.9 Å². The van der Waals surface area contributed by atoms with Crippen LogP contribution >= 0.6 is 0 Å². The van der Waals surface area contributed by atoms with E-state index < -0.39 is 184 Å². The van der Waals surface area contributed by atoms with E-state index in [0.717, 1.165) is 5.56 Å². The van der Waals surface area contributed by atoms with Crippen LogP contribution in [0, 0.1) is 17.8 Å². The number of aliphatic hydroxyl groups is 14. The van der Waals surface area contributed by atoms with Crippen LogP contribution in [0.4, 0.5) is 0 Å². The van der Waals surface area contributed by atoms with E-state index in [0.29, 0.717) is 19.6 Å². The van der Waals surface area contributed by atoms with E-state index in [4.69, 9.17) is 23.7 Å². The summed E-state index contributed by atoms with van der Waals surface area (Å²) >= 11 is 0. The van der Waals surface area contributed by atoms with Crippen molar-refractivity contribution in [2.24, 2.45) is 17.8 Å². The molecule has 0 aliphatic carbocycles. The van der Waals surface area contributed by atoms with Gasteiger partial charge in [0, 0.05) is 70.2 Å². The molecule has 0 radical (unpaired) electrons. The molecule has 88 heavy (non-hydrogen) atoms. The Kier molecular flexibility index (Phi) is 28.7. The molecule has 5 aliphatic heterocycles. The number of nitrogens with one attached hydrogen (secondary N) is 1. The van der Waals surface area contributed by atoms with Gasteiger partial charge in [0.15, 0.2) is 12.1 Å². The monoisotopic (exact) mass is 1240 g/mol. The van der Waals surface area contributed by atoms with Crippen molar-refractivity contribution in [1.29, 1.82) is 0 Å². The van der Waals surface area contributed by atoms with Gasteiger partial charge in [-0.1, -0.05) is 129 Å². The zero-order chi connectivity index (χ0) is 64.3. The summed E-state index contributed by atoms with van der Waals surface area (Å²) in [5.41, 5.74) is 1.09. The van der Waals surface area contributed by atoms with Crippen molar-refractivity contribution in [3.8, 4) is 0 Å². The average Bonchev–Trinajstić information content (AvgIpc) is 2.46. The van der Waals surface area contributed by atoms with Crippen LogP contribution in [0.5, 0.6) is 0 Å². The topological polar surface area (TPSA) is 382 Å². The Balaban J connectivity index is 1.27. The minimum Gasteiger partial charge on any atom is -0.462 e. The Hall–Kier alpha value is -4.46. The number of carbonyl (C=O) groups is 2. The molecule has 5 aliphatic rings. The number of esters is 1. The molecule has 24 heteroatoms. The Bertz CT molecular complexity index is 2490. The predicted molar refractivity (Wildman–Crippen MR) is 320 cm³/mol. The molecule has 4 fully saturated rings. The number of hydrogen-bond donors (Lipinski definition) is 15. The molecule has 0 aromatic heterocycles. The Labute approximate surface area is 515 Å². The maximum atomic E-state index is 14.9. The number of piperazine rings is 1. The number of cyclic esters (lactones) is 1. The second-order valence-electron chi connectivity index (χ2n) is 24.3. The summed E-state index contributed by atoms with van der Waals surface area (Å²) in [4.78, 5) is 31.5. The lowest BCUT2D eigenvalue weighted by atomic mass is 9.81. The van der Waals surface area contributed by atoms with E-state index in [1.54, 1.807) is 97.7 Å². The maximum Gasteiger partial charge on any atom is 0.308 e. The molecular weight excluding hydrogens is 1150 g/mol. The Morgan fingerprint density at radius 2 is 1.25 bits per heavy atom. The number of fused-ring (bicyclic) bond motifs is 2. The summed E-state index contributed by atoms with van der Waals surface area (Å²) in [6.45, 7) is 7.72. The van der Waals surface area contributed by atoms with Gasteiger partial charge in [-0.15, -0.1) is 0 Å². The van der Waals surface area contributed by atoms with E-state index in [-0.39, 0.29) is 44.7 Å². The second kappa shape index (κ2) is 34.8. The molecular formula is C64H97N3O21. The van der Waals surface area contributed by atoms with Crippen molar-refractivity contribution in [3.05, 3.63) is 121 Å². The Morgan fingerprint density at radius 3 is 1.89 bits per heavy atom. The molecule has 3 unspecified atom stereocenters. The van der Waals surface area contributed by atoms with E-state index >= 15 is 0 Å². The number of rotatable bonds is 8. The van der Waals surface area contributed by atoms with E-state index in [9.17, 15) is 81.1 Å². The number of nitrogens with zero attached hydrogens (tertiary/aromatic N) is 2. The van der Waals surface area contributed by atoms with Crippen molar-refractivity contribution in [2.45, 2.75) is 207 Å². The highest BCUT2D eigenvalue weighted by atomic mass is 16.7. The van der Waals surface area contributed by atoms with Gasteiger partial charge < -0.3 is 105 Å². The third-order valence-corrected chi connectivity index (χ3v) is 17.2. The molecule has 6 rings (SSSR count).